The zero-order valence-corrected chi connectivity index (χ0v) is 16.9. The summed E-state index contributed by atoms with van der Waals surface area (Å²) in [7, 11) is 1.57. The zero-order chi connectivity index (χ0) is 20.7. The minimum Gasteiger partial charge on any atom is -0.496 e. The number of piperazine rings is 1. The van der Waals surface area contributed by atoms with E-state index in [9.17, 15) is 9.59 Å². The largest absolute Gasteiger partial charge is 0.496 e. The molecule has 1 unspecified atom stereocenters. The molecule has 1 aromatic heterocycles. The third kappa shape index (κ3) is 3.30. The molecular formula is C23H24N4O3. The molecule has 2 heterocycles. The summed E-state index contributed by atoms with van der Waals surface area (Å²) in [5.74, 6) is 1.48. The Balaban J connectivity index is 1.47. The van der Waals surface area contributed by atoms with Crippen LogP contribution in [0.3, 0.4) is 0 Å². The number of nitrogens with one attached hydrogen (secondary N) is 1. The third-order valence-electron chi connectivity index (χ3n) is 5.94. The van der Waals surface area contributed by atoms with Crippen molar-refractivity contribution in [3.05, 3.63) is 59.9 Å². The number of ether oxygens (including phenoxy) is 1. The highest BCUT2D eigenvalue weighted by Gasteiger charge is 2.41. The van der Waals surface area contributed by atoms with E-state index in [-0.39, 0.29) is 23.8 Å². The van der Waals surface area contributed by atoms with E-state index in [1.807, 2.05) is 41.3 Å². The van der Waals surface area contributed by atoms with Gasteiger partial charge in [0.05, 0.1) is 23.7 Å². The molecule has 154 valence electrons. The summed E-state index contributed by atoms with van der Waals surface area (Å²) < 4.78 is 5.38. The number of carbonyl (C=O) groups is 2. The second-order valence-electron chi connectivity index (χ2n) is 7.91. The Hall–Kier alpha value is -3.35. The van der Waals surface area contributed by atoms with Crippen molar-refractivity contribution in [1.82, 2.24) is 19.8 Å². The summed E-state index contributed by atoms with van der Waals surface area (Å²) in [6.45, 7) is 1.39. The number of nitrogens with zero attached hydrogens (tertiary/aromatic N) is 3. The molecule has 2 amide bonds. The lowest BCUT2D eigenvalue weighted by molar-refractivity contribution is -0.137. The first-order valence-electron chi connectivity index (χ1n) is 10.3. The Morgan fingerprint density at radius 1 is 1.07 bits per heavy atom. The van der Waals surface area contributed by atoms with Crippen LogP contribution < -0.4 is 4.74 Å². The number of aromatic amines is 1. The van der Waals surface area contributed by atoms with Crippen molar-refractivity contribution in [1.29, 1.82) is 0 Å². The van der Waals surface area contributed by atoms with E-state index in [2.05, 4.69) is 4.98 Å². The molecule has 2 fully saturated rings. The average molecular weight is 404 g/mol. The molecule has 3 aromatic rings. The third-order valence-corrected chi connectivity index (χ3v) is 5.94. The normalized spacial score (nSPS) is 19.2. The molecule has 1 saturated carbocycles. The van der Waals surface area contributed by atoms with Crippen molar-refractivity contribution >= 4 is 22.8 Å². The van der Waals surface area contributed by atoms with E-state index in [0.717, 1.165) is 29.7 Å². The lowest BCUT2D eigenvalue weighted by atomic mass is 10.1. The molecule has 7 nitrogen and oxygen atoms in total. The summed E-state index contributed by atoms with van der Waals surface area (Å²) in [6, 6.07) is 14.8. The minimum atomic E-state index is -0.294. The number of H-pyrrole nitrogens is 1. The SMILES string of the molecule is COc1ccccc1C(=O)N1CCN(C(=O)C2CC2)C(c2nc3ccccc3[nH]2)C1. The Morgan fingerprint density at radius 3 is 2.60 bits per heavy atom. The Kier molecular flexibility index (Phi) is 4.65. The van der Waals surface area contributed by atoms with Gasteiger partial charge in [-0.05, 0) is 37.1 Å². The van der Waals surface area contributed by atoms with E-state index >= 15 is 0 Å². The number of hydrogen-bond donors (Lipinski definition) is 1. The van der Waals surface area contributed by atoms with Gasteiger partial charge >= 0.3 is 0 Å². The van der Waals surface area contributed by atoms with Gasteiger partial charge in [0.15, 0.2) is 0 Å². The maximum Gasteiger partial charge on any atom is 0.257 e. The fourth-order valence-corrected chi connectivity index (χ4v) is 4.15. The predicted molar refractivity (Wildman–Crippen MR) is 112 cm³/mol. The first-order chi connectivity index (χ1) is 14.7. The molecule has 0 spiro atoms. The maximum atomic E-state index is 13.3. The van der Waals surface area contributed by atoms with Crippen LogP contribution in [-0.4, -0.2) is 58.3 Å². The Labute approximate surface area is 174 Å². The van der Waals surface area contributed by atoms with E-state index in [1.54, 1.807) is 24.1 Å². The summed E-state index contributed by atoms with van der Waals surface area (Å²) in [6.07, 6.45) is 1.90. The first-order valence-corrected chi connectivity index (χ1v) is 10.3. The Morgan fingerprint density at radius 2 is 1.83 bits per heavy atom. The quantitative estimate of drug-likeness (QED) is 0.725. The number of para-hydroxylation sites is 3. The first kappa shape index (κ1) is 18.7. The van der Waals surface area contributed by atoms with Crippen molar-refractivity contribution in [2.75, 3.05) is 26.7 Å². The van der Waals surface area contributed by atoms with Crippen molar-refractivity contribution in [2.45, 2.75) is 18.9 Å². The van der Waals surface area contributed by atoms with Crippen LogP contribution in [0.2, 0.25) is 0 Å². The van der Waals surface area contributed by atoms with Crippen molar-refractivity contribution in [3.8, 4) is 5.75 Å². The Bertz CT molecular complexity index is 1070. The molecule has 2 aliphatic rings. The second kappa shape index (κ2) is 7.48. The molecule has 30 heavy (non-hydrogen) atoms. The topological polar surface area (TPSA) is 78.5 Å². The number of carbonyl (C=O) groups excluding carboxylic acids is 2. The van der Waals surface area contributed by atoms with Crippen LogP contribution in [0.5, 0.6) is 5.75 Å². The number of fused-ring (bicyclic) bond motifs is 1. The van der Waals surface area contributed by atoms with Gasteiger partial charge in [0.2, 0.25) is 5.91 Å². The van der Waals surface area contributed by atoms with Crippen molar-refractivity contribution < 1.29 is 14.3 Å². The van der Waals surface area contributed by atoms with Crippen LogP contribution in [0.25, 0.3) is 11.0 Å². The van der Waals surface area contributed by atoms with Gasteiger partial charge < -0.3 is 19.5 Å². The predicted octanol–water partition coefficient (Wildman–Crippen LogP) is 3.01. The lowest BCUT2D eigenvalue weighted by Gasteiger charge is -2.40. The van der Waals surface area contributed by atoms with Crippen molar-refractivity contribution in [3.63, 3.8) is 0 Å². The highest BCUT2D eigenvalue weighted by molar-refractivity contribution is 5.97. The maximum absolute atomic E-state index is 13.3. The number of methoxy groups -OCH3 is 1. The van der Waals surface area contributed by atoms with Gasteiger partial charge in [-0.15, -0.1) is 0 Å². The van der Waals surface area contributed by atoms with E-state index in [1.165, 1.54) is 0 Å². The number of imidazole rings is 1. The summed E-state index contributed by atoms with van der Waals surface area (Å²) >= 11 is 0. The fraction of sp³-hybridized carbons (Fsp3) is 0.348. The number of aromatic nitrogens is 2. The van der Waals surface area contributed by atoms with Crippen molar-refractivity contribution in [2.24, 2.45) is 5.92 Å². The molecule has 1 atom stereocenters. The van der Waals surface area contributed by atoms with Crippen LogP contribution >= 0.6 is 0 Å². The van der Waals surface area contributed by atoms with Gasteiger partial charge in [0.25, 0.3) is 5.91 Å². The molecule has 2 aromatic carbocycles. The summed E-state index contributed by atoms with van der Waals surface area (Å²) in [5, 5.41) is 0. The number of amides is 2. The van der Waals surface area contributed by atoms with Crippen LogP contribution in [0.1, 0.15) is 35.1 Å². The number of benzene rings is 2. The highest BCUT2D eigenvalue weighted by Crippen LogP contribution is 2.36. The molecule has 1 aliphatic heterocycles. The molecule has 1 aliphatic carbocycles. The van der Waals surface area contributed by atoms with Crippen LogP contribution in [0.4, 0.5) is 0 Å². The van der Waals surface area contributed by atoms with E-state index in [4.69, 9.17) is 9.72 Å². The smallest absolute Gasteiger partial charge is 0.257 e. The highest BCUT2D eigenvalue weighted by atomic mass is 16.5. The molecule has 0 radical (unpaired) electrons. The average Bonchev–Trinajstić information content (AvgIpc) is 3.56. The molecular weight excluding hydrogens is 380 g/mol. The molecule has 1 N–H and O–H groups in total. The zero-order valence-electron chi connectivity index (χ0n) is 16.9. The van der Waals surface area contributed by atoms with Crippen LogP contribution in [-0.2, 0) is 4.79 Å². The number of rotatable bonds is 4. The molecule has 0 bridgehead atoms. The van der Waals surface area contributed by atoms with E-state index < -0.39 is 0 Å². The minimum absolute atomic E-state index is 0.0907. The lowest BCUT2D eigenvalue weighted by Crippen LogP contribution is -2.53. The van der Waals surface area contributed by atoms with Gasteiger partial charge in [-0.1, -0.05) is 24.3 Å². The van der Waals surface area contributed by atoms with Gasteiger partial charge in [-0.3, -0.25) is 9.59 Å². The fourth-order valence-electron chi connectivity index (χ4n) is 4.15. The number of hydrogen-bond acceptors (Lipinski definition) is 4. The molecule has 1 saturated heterocycles. The van der Waals surface area contributed by atoms with Gasteiger partial charge in [0, 0.05) is 25.6 Å². The van der Waals surface area contributed by atoms with E-state index in [0.29, 0.717) is 30.9 Å². The summed E-state index contributed by atoms with van der Waals surface area (Å²) in [4.78, 5) is 38.0. The summed E-state index contributed by atoms with van der Waals surface area (Å²) in [5.41, 5.74) is 2.32. The standard InChI is InChI=1S/C23H24N4O3/c1-30-20-9-5-2-6-16(20)23(29)26-12-13-27(22(28)15-10-11-15)19(14-26)21-24-17-7-3-4-8-18(17)25-21/h2-9,15,19H,10-14H2,1H3,(H,24,25). The van der Waals surface area contributed by atoms with Crippen LogP contribution in [0, 0.1) is 5.92 Å². The van der Waals surface area contributed by atoms with Gasteiger partial charge in [-0.2, -0.15) is 0 Å². The monoisotopic (exact) mass is 404 g/mol. The molecule has 5 rings (SSSR count). The second-order valence-corrected chi connectivity index (χ2v) is 7.91. The molecule has 7 heteroatoms. The van der Waals surface area contributed by atoms with Gasteiger partial charge in [0.1, 0.15) is 17.6 Å². The van der Waals surface area contributed by atoms with Crippen LogP contribution in [0.15, 0.2) is 48.5 Å². The van der Waals surface area contributed by atoms with Gasteiger partial charge in [-0.25, -0.2) is 4.98 Å².